The Morgan fingerprint density at radius 1 is 0.707 bits per heavy atom. The second kappa shape index (κ2) is 21.4. The first-order valence-electron chi connectivity index (χ1n) is 16.6. The van der Waals surface area contributed by atoms with Crippen LogP contribution in [0.2, 0.25) is 0 Å². The second-order valence-corrected chi connectivity index (χ2v) is 12.6. The maximum atomic E-state index is 12.6. The standard InChI is InChI=1S/C37H60NO3/c1-5-6-7-8-9-10-11-12-13-14-15-19-26-35-27-20-21-28-36(35)40-29-22-23-30-41-37(39)33(2)31-38(3,4)32-34-24-17-16-18-25-34/h16-18,20-21,24-25,27-28,33H,5-15,19,22-23,26,29-32H2,1-4H3/q+1. The van der Waals surface area contributed by atoms with Gasteiger partial charge in [0.1, 0.15) is 18.2 Å². The van der Waals surface area contributed by atoms with E-state index >= 15 is 0 Å². The number of esters is 1. The minimum atomic E-state index is -0.128. The van der Waals surface area contributed by atoms with Crippen molar-refractivity contribution in [1.29, 1.82) is 0 Å². The monoisotopic (exact) mass is 566 g/mol. The van der Waals surface area contributed by atoms with E-state index in [9.17, 15) is 4.79 Å². The van der Waals surface area contributed by atoms with E-state index in [1.165, 1.54) is 88.2 Å². The van der Waals surface area contributed by atoms with Gasteiger partial charge >= 0.3 is 5.97 Å². The molecule has 2 aromatic rings. The quantitative estimate of drug-likeness (QED) is 0.0721. The number of rotatable bonds is 24. The largest absolute Gasteiger partial charge is 0.493 e. The zero-order valence-corrected chi connectivity index (χ0v) is 26.9. The van der Waals surface area contributed by atoms with Crippen molar-refractivity contribution in [2.75, 3.05) is 33.9 Å². The summed E-state index contributed by atoms with van der Waals surface area (Å²) in [6.07, 6.45) is 19.3. The topological polar surface area (TPSA) is 35.5 Å². The van der Waals surface area contributed by atoms with Gasteiger partial charge in [0.15, 0.2) is 0 Å². The maximum absolute atomic E-state index is 12.6. The van der Waals surface area contributed by atoms with Crippen LogP contribution in [-0.4, -0.2) is 44.3 Å². The van der Waals surface area contributed by atoms with Crippen LogP contribution in [0.3, 0.4) is 0 Å². The van der Waals surface area contributed by atoms with E-state index in [0.29, 0.717) is 13.2 Å². The van der Waals surface area contributed by atoms with Gasteiger partial charge in [-0.3, -0.25) is 4.79 Å². The van der Waals surface area contributed by atoms with Crippen LogP contribution in [-0.2, 0) is 22.5 Å². The van der Waals surface area contributed by atoms with E-state index in [2.05, 4.69) is 69.6 Å². The van der Waals surface area contributed by atoms with E-state index in [1.54, 1.807) is 0 Å². The van der Waals surface area contributed by atoms with Crippen molar-refractivity contribution < 1.29 is 18.8 Å². The molecule has 0 aromatic heterocycles. The molecule has 1 atom stereocenters. The first-order chi connectivity index (χ1) is 19.9. The number of unbranched alkanes of at least 4 members (excludes halogenated alkanes) is 12. The molecule has 230 valence electrons. The number of ether oxygens (including phenoxy) is 2. The zero-order chi connectivity index (χ0) is 29.6. The Morgan fingerprint density at radius 3 is 1.93 bits per heavy atom. The molecule has 0 saturated heterocycles. The van der Waals surface area contributed by atoms with E-state index in [4.69, 9.17) is 9.47 Å². The highest BCUT2D eigenvalue weighted by atomic mass is 16.5. The number of aryl methyl sites for hydroxylation is 1. The third-order valence-electron chi connectivity index (χ3n) is 7.94. The Balaban J connectivity index is 1.53. The van der Waals surface area contributed by atoms with Gasteiger partial charge in [-0.2, -0.15) is 0 Å². The number of hydrogen-bond acceptors (Lipinski definition) is 3. The van der Waals surface area contributed by atoms with Crippen molar-refractivity contribution in [2.45, 2.75) is 117 Å². The van der Waals surface area contributed by atoms with Gasteiger partial charge in [0.25, 0.3) is 0 Å². The minimum Gasteiger partial charge on any atom is -0.493 e. The molecule has 4 nitrogen and oxygen atoms in total. The van der Waals surface area contributed by atoms with Crippen molar-refractivity contribution in [3.8, 4) is 5.75 Å². The molecule has 2 rings (SSSR count). The Morgan fingerprint density at radius 2 is 1.27 bits per heavy atom. The molecule has 0 saturated carbocycles. The molecule has 0 aliphatic heterocycles. The molecular weight excluding hydrogens is 506 g/mol. The van der Waals surface area contributed by atoms with Gasteiger partial charge in [-0.15, -0.1) is 0 Å². The van der Waals surface area contributed by atoms with Gasteiger partial charge in [-0.25, -0.2) is 0 Å². The summed E-state index contributed by atoms with van der Waals surface area (Å²) in [5.41, 5.74) is 2.60. The number of nitrogens with zero attached hydrogens (tertiary/aromatic N) is 1. The Kier molecular flexibility index (Phi) is 18.2. The number of carbonyl (C=O) groups excluding carboxylic acids is 1. The van der Waals surface area contributed by atoms with Gasteiger partial charge in [-0.1, -0.05) is 126 Å². The molecule has 0 heterocycles. The summed E-state index contributed by atoms with van der Waals surface area (Å²) in [6, 6.07) is 18.9. The summed E-state index contributed by atoms with van der Waals surface area (Å²) in [5.74, 6) is 0.787. The number of quaternary nitrogens is 1. The van der Waals surface area contributed by atoms with Crippen molar-refractivity contribution in [3.05, 3.63) is 65.7 Å². The number of hydrogen-bond donors (Lipinski definition) is 0. The van der Waals surface area contributed by atoms with Gasteiger partial charge in [0, 0.05) is 5.56 Å². The van der Waals surface area contributed by atoms with Crippen molar-refractivity contribution in [2.24, 2.45) is 5.92 Å². The van der Waals surface area contributed by atoms with Crippen LogP contribution in [0.1, 0.15) is 115 Å². The van der Waals surface area contributed by atoms with Crippen LogP contribution in [0.4, 0.5) is 0 Å². The fraction of sp³-hybridized carbons (Fsp3) is 0.649. The number of benzene rings is 2. The van der Waals surface area contributed by atoms with Gasteiger partial charge in [0.05, 0.1) is 33.9 Å². The molecular formula is C37H60NO3+. The van der Waals surface area contributed by atoms with Crippen LogP contribution in [0.25, 0.3) is 0 Å². The van der Waals surface area contributed by atoms with Crippen LogP contribution in [0.5, 0.6) is 5.75 Å². The highest BCUT2D eigenvalue weighted by Gasteiger charge is 2.25. The smallest absolute Gasteiger partial charge is 0.314 e. The predicted octanol–water partition coefficient (Wildman–Crippen LogP) is 9.55. The zero-order valence-electron chi connectivity index (χ0n) is 26.9. The third kappa shape index (κ3) is 16.6. The Labute approximate surface area is 252 Å². The molecule has 4 heteroatoms. The molecule has 0 fully saturated rings. The first-order valence-corrected chi connectivity index (χ1v) is 16.6. The number of para-hydroxylation sites is 1. The second-order valence-electron chi connectivity index (χ2n) is 12.6. The molecule has 41 heavy (non-hydrogen) atoms. The molecule has 0 spiro atoms. The molecule has 1 unspecified atom stereocenters. The molecule has 0 aliphatic rings. The SMILES string of the molecule is CCCCCCCCCCCCCCc1ccccc1OCCCCOC(=O)C(C)C[N+](C)(C)Cc1ccccc1. The lowest BCUT2D eigenvalue weighted by Crippen LogP contribution is -2.44. The van der Waals surface area contributed by atoms with Gasteiger partial charge in [0.2, 0.25) is 0 Å². The molecule has 0 amide bonds. The molecule has 0 aliphatic carbocycles. The minimum absolute atomic E-state index is 0.0991. The lowest BCUT2D eigenvalue weighted by Gasteiger charge is -2.31. The summed E-state index contributed by atoms with van der Waals surface area (Å²) in [7, 11) is 4.34. The molecule has 0 radical (unpaired) electrons. The van der Waals surface area contributed by atoms with E-state index in [1.807, 2.05) is 13.0 Å². The van der Waals surface area contributed by atoms with Gasteiger partial charge < -0.3 is 14.0 Å². The normalized spacial score (nSPS) is 12.3. The summed E-state index contributed by atoms with van der Waals surface area (Å²) in [4.78, 5) is 12.6. The fourth-order valence-electron chi connectivity index (χ4n) is 5.67. The van der Waals surface area contributed by atoms with Gasteiger partial charge in [-0.05, 0) is 44.2 Å². The number of carbonyl (C=O) groups is 1. The summed E-state index contributed by atoms with van der Waals surface area (Å²) in [6.45, 7) is 7.03. The van der Waals surface area contributed by atoms with Crippen LogP contribution < -0.4 is 4.74 Å². The molecule has 0 N–H and O–H groups in total. The third-order valence-corrected chi connectivity index (χ3v) is 7.94. The summed E-state index contributed by atoms with van der Waals surface area (Å²) >= 11 is 0. The van der Waals surface area contributed by atoms with Crippen LogP contribution >= 0.6 is 0 Å². The lowest BCUT2D eigenvalue weighted by molar-refractivity contribution is -0.905. The first kappa shape index (κ1) is 34.9. The van der Waals surface area contributed by atoms with Crippen molar-refractivity contribution >= 4 is 5.97 Å². The average molecular weight is 567 g/mol. The van der Waals surface area contributed by atoms with Crippen molar-refractivity contribution in [3.63, 3.8) is 0 Å². The van der Waals surface area contributed by atoms with E-state index < -0.39 is 0 Å². The van der Waals surface area contributed by atoms with Crippen LogP contribution in [0.15, 0.2) is 54.6 Å². The summed E-state index contributed by atoms with van der Waals surface area (Å²) < 4.78 is 12.5. The van der Waals surface area contributed by atoms with Crippen molar-refractivity contribution in [1.82, 2.24) is 0 Å². The summed E-state index contributed by atoms with van der Waals surface area (Å²) in [5, 5.41) is 0. The Bertz CT molecular complexity index is 927. The highest BCUT2D eigenvalue weighted by Crippen LogP contribution is 2.22. The molecule has 0 bridgehead atoms. The Hall–Kier alpha value is -2.33. The molecule has 2 aromatic carbocycles. The lowest BCUT2D eigenvalue weighted by atomic mass is 10.0. The average Bonchev–Trinajstić information content (AvgIpc) is 2.96. The maximum Gasteiger partial charge on any atom is 0.314 e. The van der Waals surface area contributed by atoms with Crippen LogP contribution in [0, 0.1) is 5.92 Å². The van der Waals surface area contributed by atoms with E-state index in [0.717, 1.165) is 42.6 Å². The fourth-order valence-corrected chi connectivity index (χ4v) is 5.67. The predicted molar refractivity (Wildman–Crippen MR) is 173 cm³/mol. The highest BCUT2D eigenvalue weighted by molar-refractivity contribution is 5.72. The van der Waals surface area contributed by atoms with E-state index in [-0.39, 0.29) is 11.9 Å².